The van der Waals surface area contributed by atoms with Gasteiger partial charge in [-0.05, 0) is 38.0 Å². The van der Waals surface area contributed by atoms with Crippen LogP contribution >= 0.6 is 0 Å². The van der Waals surface area contributed by atoms with Crippen LogP contribution in [-0.4, -0.2) is 39.5 Å². The molecule has 2 heterocycles. The number of nitrogens with one attached hydrogen (secondary N) is 1. The first-order valence-electron chi connectivity index (χ1n) is 7.28. The fourth-order valence-electron chi connectivity index (χ4n) is 2.98. The standard InChI is InChI=1S/C16H17FN2O3/c1-9-5-6-10(16(21)22)8-19(9)15(20)14-7-11-12(17)3-2-4-13(11)18-14/h2-4,7,9-10,18H,5-6,8H2,1H3,(H,21,22). The van der Waals surface area contributed by atoms with Crippen LogP contribution in [0.2, 0.25) is 0 Å². The molecule has 0 bridgehead atoms. The summed E-state index contributed by atoms with van der Waals surface area (Å²) in [6, 6.07) is 6.08. The van der Waals surface area contributed by atoms with Crippen molar-refractivity contribution in [2.45, 2.75) is 25.8 Å². The molecule has 3 rings (SSSR count). The SMILES string of the molecule is CC1CCC(C(=O)O)CN1C(=O)c1cc2c(F)cccc2[nH]1. The number of piperidine rings is 1. The highest BCUT2D eigenvalue weighted by molar-refractivity contribution is 5.98. The molecule has 116 valence electrons. The van der Waals surface area contributed by atoms with Gasteiger partial charge in [-0.3, -0.25) is 9.59 Å². The number of halogens is 1. The van der Waals surface area contributed by atoms with Crippen molar-refractivity contribution in [2.75, 3.05) is 6.54 Å². The quantitative estimate of drug-likeness (QED) is 0.895. The van der Waals surface area contributed by atoms with Crippen LogP contribution in [-0.2, 0) is 4.79 Å². The van der Waals surface area contributed by atoms with Gasteiger partial charge in [0.1, 0.15) is 11.5 Å². The van der Waals surface area contributed by atoms with E-state index in [0.29, 0.717) is 23.7 Å². The molecule has 5 nitrogen and oxygen atoms in total. The second-order valence-corrected chi connectivity index (χ2v) is 5.80. The Hall–Kier alpha value is -2.37. The highest BCUT2D eigenvalue weighted by atomic mass is 19.1. The van der Waals surface area contributed by atoms with Crippen LogP contribution in [0.15, 0.2) is 24.3 Å². The predicted molar refractivity (Wildman–Crippen MR) is 79.1 cm³/mol. The Morgan fingerprint density at radius 2 is 2.14 bits per heavy atom. The number of hydrogen-bond donors (Lipinski definition) is 2. The van der Waals surface area contributed by atoms with Gasteiger partial charge in [-0.2, -0.15) is 0 Å². The van der Waals surface area contributed by atoms with Gasteiger partial charge in [0, 0.05) is 23.5 Å². The lowest BCUT2D eigenvalue weighted by atomic mass is 9.93. The number of amides is 1. The molecule has 6 heteroatoms. The van der Waals surface area contributed by atoms with Gasteiger partial charge in [-0.15, -0.1) is 0 Å². The van der Waals surface area contributed by atoms with E-state index in [0.717, 1.165) is 0 Å². The topological polar surface area (TPSA) is 73.4 Å². The van der Waals surface area contributed by atoms with E-state index in [2.05, 4.69) is 4.98 Å². The van der Waals surface area contributed by atoms with E-state index in [1.165, 1.54) is 12.1 Å². The number of carbonyl (C=O) groups excluding carboxylic acids is 1. The zero-order valence-electron chi connectivity index (χ0n) is 12.2. The highest BCUT2D eigenvalue weighted by Gasteiger charge is 2.33. The maximum atomic E-state index is 13.7. The van der Waals surface area contributed by atoms with Crippen molar-refractivity contribution in [3.05, 3.63) is 35.8 Å². The number of hydrogen-bond acceptors (Lipinski definition) is 2. The Morgan fingerprint density at radius 1 is 1.36 bits per heavy atom. The van der Waals surface area contributed by atoms with Gasteiger partial charge in [0.15, 0.2) is 0 Å². The summed E-state index contributed by atoms with van der Waals surface area (Å²) >= 11 is 0. The number of fused-ring (bicyclic) bond motifs is 1. The molecule has 1 fully saturated rings. The third-order valence-electron chi connectivity index (χ3n) is 4.33. The number of aromatic amines is 1. The van der Waals surface area contributed by atoms with Crippen LogP contribution in [0.4, 0.5) is 4.39 Å². The first kappa shape index (κ1) is 14.6. The van der Waals surface area contributed by atoms with Crippen molar-refractivity contribution >= 4 is 22.8 Å². The minimum atomic E-state index is -0.882. The molecule has 1 saturated heterocycles. The van der Waals surface area contributed by atoms with Gasteiger partial charge in [0.2, 0.25) is 0 Å². The summed E-state index contributed by atoms with van der Waals surface area (Å²) in [5, 5.41) is 9.52. The molecule has 1 amide bonds. The van der Waals surface area contributed by atoms with Crippen molar-refractivity contribution < 1.29 is 19.1 Å². The van der Waals surface area contributed by atoms with Crippen LogP contribution in [0.5, 0.6) is 0 Å². The van der Waals surface area contributed by atoms with Gasteiger partial charge in [-0.1, -0.05) is 6.07 Å². The number of rotatable bonds is 2. The molecular formula is C16H17FN2O3. The van der Waals surface area contributed by atoms with Crippen LogP contribution in [0.25, 0.3) is 10.9 Å². The summed E-state index contributed by atoms with van der Waals surface area (Å²) < 4.78 is 13.7. The molecule has 0 spiro atoms. The second kappa shape index (κ2) is 5.44. The molecule has 0 radical (unpaired) electrons. The normalized spacial score (nSPS) is 22.0. The monoisotopic (exact) mass is 304 g/mol. The third-order valence-corrected chi connectivity index (χ3v) is 4.33. The Balaban J connectivity index is 1.90. The Morgan fingerprint density at radius 3 is 2.82 bits per heavy atom. The van der Waals surface area contributed by atoms with Crippen LogP contribution in [0.1, 0.15) is 30.3 Å². The summed E-state index contributed by atoms with van der Waals surface area (Å²) in [6.07, 6.45) is 1.22. The molecule has 0 saturated carbocycles. The number of carboxylic acids is 1. The molecular weight excluding hydrogens is 287 g/mol. The second-order valence-electron chi connectivity index (χ2n) is 5.80. The van der Waals surface area contributed by atoms with E-state index in [1.54, 1.807) is 17.0 Å². The van der Waals surface area contributed by atoms with Crippen LogP contribution < -0.4 is 0 Å². The summed E-state index contributed by atoms with van der Waals surface area (Å²) in [4.78, 5) is 28.3. The van der Waals surface area contributed by atoms with E-state index in [4.69, 9.17) is 5.11 Å². The molecule has 2 N–H and O–H groups in total. The zero-order chi connectivity index (χ0) is 15.9. The number of H-pyrrole nitrogens is 1. The molecule has 2 unspecified atom stereocenters. The number of nitrogens with zero attached hydrogens (tertiary/aromatic N) is 1. The fourth-order valence-corrected chi connectivity index (χ4v) is 2.98. The van der Waals surface area contributed by atoms with Crippen LogP contribution in [0, 0.1) is 11.7 Å². The van der Waals surface area contributed by atoms with Gasteiger partial charge in [-0.25, -0.2) is 4.39 Å². The van der Waals surface area contributed by atoms with E-state index < -0.39 is 11.9 Å². The van der Waals surface area contributed by atoms with Crippen LogP contribution in [0.3, 0.4) is 0 Å². The molecule has 2 aromatic rings. The lowest BCUT2D eigenvalue weighted by molar-refractivity contribution is -0.143. The number of benzene rings is 1. The fraction of sp³-hybridized carbons (Fsp3) is 0.375. The maximum absolute atomic E-state index is 13.7. The largest absolute Gasteiger partial charge is 0.481 e. The average molecular weight is 304 g/mol. The summed E-state index contributed by atoms with van der Waals surface area (Å²) in [5.41, 5.74) is 0.848. The minimum Gasteiger partial charge on any atom is -0.481 e. The zero-order valence-corrected chi connectivity index (χ0v) is 12.2. The lowest BCUT2D eigenvalue weighted by Gasteiger charge is -2.36. The summed E-state index contributed by atoms with van der Waals surface area (Å²) in [7, 11) is 0. The Bertz CT molecular complexity index is 740. The third kappa shape index (κ3) is 2.45. The Labute approximate surface area is 126 Å². The van der Waals surface area contributed by atoms with E-state index in [-0.39, 0.29) is 30.0 Å². The molecule has 2 atom stereocenters. The predicted octanol–water partition coefficient (Wildman–Crippen LogP) is 2.63. The van der Waals surface area contributed by atoms with Gasteiger partial charge < -0.3 is 15.0 Å². The molecule has 1 aliphatic heterocycles. The van der Waals surface area contributed by atoms with Crippen molar-refractivity contribution in [1.82, 2.24) is 9.88 Å². The van der Waals surface area contributed by atoms with Gasteiger partial charge in [0.05, 0.1) is 5.92 Å². The molecule has 1 aromatic carbocycles. The maximum Gasteiger partial charge on any atom is 0.308 e. The van der Waals surface area contributed by atoms with Crippen molar-refractivity contribution in [3.8, 4) is 0 Å². The van der Waals surface area contributed by atoms with Gasteiger partial charge in [0.25, 0.3) is 5.91 Å². The van der Waals surface area contributed by atoms with E-state index in [9.17, 15) is 14.0 Å². The van der Waals surface area contributed by atoms with Crippen molar-refractivity contribution in [1.29, 1.82) is 0 Å². The average Bonchev–Trinajstić information content (AvgIpc) is 2.92. The molecule has 1 aromatic heterocycles. The number of carbonyl (C=O) groups is 2. The number of carboxylic acid groups (broad SMARTS) is 1. The summed E-state index contributed by atoms with van der Waals surface area (Å²) in [5.74, 6) is -2.09. The van der Waals surface area contributed by atoms with Crippen molar-refractivity contribution in [2.24, 2.45) is 5.92 Å². The smallest absolute Gasteiger partial charge is 0.308 e. The van der Waals surface area contributed by atoms with E-state index in [1.807, 2.05) is 6.92 Å². The van der Waals surface area contributed by atoms with Gasteiger partial charge >= 0.3 is 5.97 Å². The van der Waals surface area contributed by atoms with E-state index >= 15 is 0 Å². The van der Waals surface area contributed by atoms with Crippen molar-refractivity contribution in [3.63, 3.8) is 0 Å². The minimum absolute atomic E-state index is 0.0284. The highest BCUT2D eigenvalue weighted by Crippen LogP contribution is 2.25. The molecule has 22 heavy (non-hydrogen) atoms. The molecule has 0 aliphatic carbocycles. The lowest BCUT2D eigenvalue weighted by Crippen LogP contribution is -2.47. The number of aliphatic carboxylic acids is 1. The summed E-state index contributed by atoms with van der Waals surface area (Å²) in [6.45, 7) is 2.09. The Kier molecular flexibility index (Phi) is 3.60. The first-order valence-corrected chi connectivity index (χ1v) is 7.28. The first-order chi connectivity index (χ1) is 10.5. The molecule has 1 aliphatic rings. The number of likely N-dealkylation sites (tertiary alicyclic amines) is 1. The number of aromatic nitrogens is 1.